The first kappa shape index (κ1) is 18.0. The maximum Gasteiger partial charge on any atom is 0.323 e. The van der Waals surface area contributed by atoms with Gasteiger partial charge >= 0.3 is 5.97 Å². The molecular weight excluding hydrogens is 289 g/mol. The van der Waals surface area contributed by atoms with Crippen molar-refractivity contribution in [2.24, 2.45) is 0 Å². The van der Waals surface area contributed by atoms with Gasteiger partial charge in [-0.15, -0.1) is 11.8 Å². The van der Waals surface area contributed by atoms with Crippen LogP contribution in [0.25, 0.3) is 0 Å². The third kappa shape index (κ3) is 6.06. The van der Waals surface area contributed by atoms with E-state index in [1.165, 1.54) is 17.8 Å². The van der Waals surface area contributed by atoms with Crippen molar-refractivity contribution in [2.75, 3.05) is 12.3 Å². The van der Waals surface area contributed by atoms with Crippen molar-refractivity contribution in [3.63, 3.8) is 0 Å². The predicted octanol–water partition coefficient (Wildman–Crippen LogP) is 3.93. The van der Waals surface area contributed by atoms with Crippen molar-refractivity contribution in [1.29, 1.82) is 0 Å². The Hall–Kier alpha value is -1.07. The van der Waals surface area contributed by atoms with Crippen LogP contribution in [0.1, 0.15) is 39.5 Å². The number of benzene rings is 1. The lowest BCUT2D eigenvalue weighted by Crippen LogP contribution is -2.49. The van der Waals surface area contributed by atoms with E-state index in [4.69, 9.17) is 0 Å². The second-order valence-corrected chi connectivity index (χ2v) is 6.44. The van der Waals surface area contributed by atoms with Crippen molar-refractivity contribution in [2.45, 2.75) is 50.0 Å². The normalized spacial score (nSPS) is 13.9. The van der Waals surface area contributed by atoms with Gasteiger partial charge < -0.3 is 10.4 Å². The van der Waals surface area contributed by atoms with Gasteiger partial charge in [-0.25, -0.2) is 4.39 Å². The molecule has 0 saturated carbocycles. The molecule has 0 radical (unpaired) electrons. The molecule has 1 aromatic carbocycles. The topological polar surface area (TPSA) is 49.3 Å². The smallest absolute Gasteiger partial charge is 0.323 e. The summed E-state index contributed by atoms with van der Waals surface area (Å²) >= 11 is 1.48. The Morgan fingerprint density at radius 2 is 2.10 bits per heavy atom. The maximum atomic E-state index is 13.4. The SMILES string of the molecule is CCCNC(C)(CCCCSc1ccccc1F)C(=O)O. The fourth-order valence-electron chi connectivity index (χ4n) is 2.00. The molecule has 0 saturated heterocycles. The number of carbonyl (C=O) groups is 1. The van der Waals surface area contributed by atoms with Crippen LogP contribution in [0.2, 0.25) is 0 Å². The first-order valence-electron chi connectivity index (χ1n) is 7.35. The van der Waals surface area contributed by atoms with Crippen LogP contribution in [0.4, 0.5) is 4.39 Å². The maximum absolute atomic E-state index is 13.4. The number of carboxylic acids is 1. The predicted molar refractivity (Wildman–Crippen MR) is 85.3 cm³/mol. The Kier molecular flexibility index (Phi) is 7.75. The highest BCUT2D eigenvalue weighted by Gasteiger charge is 2.31. The van der Waals surface area contributed by atoms with Gasteiger partial charge in [-0.3, -0.25) is 4.79 Å². The second-order valence-electron chi connectivity index (χ2n) is 5.30. The van der Waals surface area contributed by atoms with Gasteiger partial charge in [0.2, 0.25) is 0 Å². The van der Waals surface area contributed by atoms with Gasteiger partial charge in [-0.1, -0.05) is 25.5 Å². The Bertz CT molecular complexity index is 456. The van der Waals surface area contributed by atoms with E-state index in [1.807, 2.05) is 13.0 Å². The highest BCUT2D eigenvalue weighted by molar-refractivity contribution is 7.99. The van der Waals surface area contributed by atoms with Crippen molar-refractivity contribution in [1.82, 2.24) is 5.32 Å². The molecule has 0 fully saturated rings. The Labute approximate surface area is 130 Å². The second kappa shape index (κ2) is 9.05. The van der Waals surface area contributed by atoms with E-state index in [0.717, 1.165) is 25.0 Å². The Morgan fingerprint density at radius 3 is 2.71 bits per heavy atom. The monoisotopic (exact) mass is 313 g/mol. The zero-order valence-corrected chi connectivity index (χ0v) is 13.5. The van der Waals surface area contributed by atoms with E-state index in [0.29, 0.717) is 17.9 Å². The van der Waals surface area contributed by atoms with Crippen LogP contribution < -0.4 is 5.32 Å². The summed E-state index contributed by atoms with van der Waals surface area (Å²) in [6, 6.07) is 6.72. The lowest BCUT2D eigenvalue weighted by atomic mass is 9.95. The third-order valence-corrected chi connectivity index (χ3v) is 4.54. The molecule has 5 heteroatoms. The molecule has 21 heavy (non-hydrogen) atoms. The molecule has 0 aliphatic heterocycles. The van der Waals surface area contributed by atoms with Crippen LogP contribution in [-0.4, -0.2) is 28.9 Å². The fourth-order valence-corrected chi connectivity index (χ4v) is 2.95. The van der Waals surface area contributed by atoms with Gasteiger partial charge in [0.15, 0.2) is 0 Å². The van der Waals surface area contributed by atoms with E-state index >= 15 is 0 Å². The van der Waals surface area contributed by atoms with Crippen molar-refractivity contribution in [3.05, 3.63) is 30.1 Å². The largest absolute Gasteiger partial charge is 0.480 e. The lowest BCUT2D eigenvalue weighted by Gasteiger charge is -2.26. The van der Waals surface area contributed by atoms with Crippen LogP contribution in [0.15, 0.2) is 29.2 Å². The van der Waals surface area contributed by atoms with Crippen molar-refractivity contribution >= 4 is 17.7 Å². The molecule has 1 rings (SSSR count). The molecular formula is C16H24FNO2S. The molecule has 1 aromatic rings. The summed E-state index contributed by atoms with van der Waals surface area (Å²) in [6.07, 6.45) is 3.17. The van der Waals surface area contributed by atoms with Gasteiger partial charge in [-0.2, -0.15) is 0 Å². The average Bonchev–Trinajstić information content (AvgIpc) is 2.46. The first-order valence-corrected chi connectivity index (χ1v) is 8.34. The Morgan fingerprint density at radius 1 is 1.38 bits per heavy atom. The minimum absolute atomic E-state index is 0.192. The average molecular weight is 313 g/mol. The molecule has 1 atom stereocenters. The van der Waals surface area contributed by atoms with Gasteiger partial charge in [0.1, 0.15) is 11.4 Å². The molecule has 118 valence electrons. The summed E-state index contributed by atoms with van der Waals surface area (Å²) in [5.41, 5.74) is -0.862. The molecule has 1 unspecified atom stereocenters. The van der Waals surface area contributed by atoms with Gasteiger partial charge in [0, 0.05) is 4.90 Å². The van der Waals surface area contributed by atoms with Crippen LogP contribution in [0.3, 0.4) is 0 Å². The first-order chi connectivity index (χ1) is 9.99. The summed E-state index contributed by atoms with van der Waals surface area (Å²) in [5.74, 6) is -0.204. The summed E-state index contributed by atoms with van der Waals surface area (Å²) in [6.45, 7) is 4.45. The summed E-state index contributed by atoms with van der Waals surface area (Å²) < 4.78 is 13.4. The number of thioether (sulfide) groups is 1. The van der Waals surface area contributed by atoms with E-state index < -0.39 is 11.5 Å². The summed E-state index contributed by atoms with van der Waals surface area (Å²) in [5, 5.41) is 12.4. The molecule has 0 spiro atoms. The molecule has 0 heterocycles. The molecule has 0 aromatic heterocycles. The number of hydrogen-bond acceptors (Lipinski definition) is 3. The minimum atomic E-state index is -0.862. The minimum Gasteiger partial charge on any atom is -0.480 e. The standard InChI is InChI=1S/C16H24FNO2S/c1-3-11-18-16(2,15(19)20)10-6-7-12-21-14-9-5-4-8-13(14)17/h4-5,8-9,18H,3,6-7,10-12H2,1-2H3,(H,19,20). The molecule has 0 aliphatic rings. The third-order valence-electron chi connectivity index (χ3n) is 3.40. The van der Waals surface area contributed by atoms with Crippen LogP contribution in [0, 0.1) is 5.82 Å². The van der Waals surface area contributed by atoms with Gasteiger partial charge in [-0.05, 0) is 50.6 Å². The zero-order valence-electron chi connectivity index (χ0n) is 12.7. The van der Waals surface area contributed by atoms with Crippen LogP contribution >= 0.6 is 11.8 Å². The molecule has 3 nitrogen and oxygen atoms in total. The number of hydrogen-bond donors (Lipinski definition) is 2. The fraction of sp³-hybridized carbons (Fsp3) is 0.562. The highest BCUT2D eigenvalue weighted by atomic mass is 32.2. The Balaban J connectivity index is 2.32. The molecule has 0 amide bonds. The van der Waals surface area contributed by atoms with Gasteiger partial charge in [0.05, 0.1) is 0 Å². The number of aliphatic carboxylic acids is 1. The number of unbranched alkanes of at least 4 members (excludes halogenated alkanes) is 1. The molecule has 0 aliphatic carbocycles. The quantitative estimate of drug-likeness (QED) is 0.507. The molecule has 2 N–H and O–H groups in total. The van der Waals surface area contributed by atoms with Crippen molar-refractivity contribution in [3.8, 4) is 0 Å². The zero-order chi connectivity index (χ0) is 15.7. The van der Waals surface area contributed by atoms with Crippen molar-refractivity contribution < 1.29 is 14.3 Å². The van der Waals surface area contributed by atoms with Crippen LogP contribution in [0.5, 0.6) is 0 Å². The molecule has 0 bridgehead atoms. The van der Waals surface area contributed by atoms with Gasteiger partial charge in [0.25, 0.3) is 0 Å². The van der Waals surface area contributed by atoms with E-state index in [1.54, 1.807) is 19.1 Å². The number of rotatable bonds is 10. The van der Waals surface area contributed by atoms with E-state index in [2.05, 4.69) is 5.32 Å². The number of nitrogens with one attached hydrogen (secondary N) is 1. The van der Waals surface area contributed by atoms with Crippen LogP contribution in [-0.2, 0) is 4.79 Å². The van der Waals surface area contributed by atoms with E-state index in [-0.39, 0.29) is 5.82 Å². The summed E-state index contributed by atoms with van der Waals surface area (Å²) in [7, 11) is 0. The summed E-state index contributed by atoms with van der Waals surface area (Å²) in [4.78, 5) is 12.0. The lowest BCUT2D eigenvalue weighted by molar-refractivity contribution is -0.144. The number of carboxylic acid groups (broad SMARTS) is 1. The van der Waals surface area contributed by atoms with E-state index in [9.17, 15) is 14.3 Å². The highest BCUT2D eigenvalue weighted by Crippen LogP contribution is 2.23. The number of halogens is 1.